The Kier molecular flexibility index (Phi) is 3.77. The number of benzene rings is 1. The Morgan fingerprint density at radius 2 is 2.22 bits per heavy atom. The summed E-state index contributed by atoms with van der Waals surface area (Å²) in [5.74, 6) is -0.411. The SMILES string of the molecule is CCCc1c(-c2ccc(F)cc2Cl)nc[nH]c1=O. The van der Waals surface area contributed by atoms with Gasteiger partial charge in [0.15, 0.2) is 0 Å². The van der Waals surface area contributed by atoms with Gasteiger partial charge in [0.1, 0.15) is 5.82 Å². The van der Waals surface area contributed by atoms with Gasteiger partial charge in [0.05, 0.1) is 17.0 Å². The molecule has 0 atom stereocenters. The zero-order chi connectivity index (χ0) is 13.1. The van der Waals surface area contributed by atoms with Crippen LogP contribution in [0, 0.1) is 5.82 Å². The molecule has 0 unspecified atom stereocenters. The fraction of sp³-hybridized carbons (Fsp3) is 0.231. The Morgan fingerprint density at radius 1 is 1.44 bits per heavy atom. The van der Waals surface area contributed by atoms with Crippen molar-refractivity contribution in [1.82, 2.24) is 9.97 Å². The predicted octanol–water partition coefficient (Wildman–Crippen LogP) is 3.18. The van der Waals surface area contributed by atoms with E-state index in [1.54, 1.807) is 6.07 Å². The number of H-pyrrole nitrogens is 1. The maximum Gasteiger partial charge on any atom is 0.254 e. The van der Waals surface area contributed by atoms with Crippen molar-refractivity contribution in [3.8, 4) is 11.3 Å². The van der Waals surface area contributed by atoms with Crippen molar-refractivity contribution in [2.24, 2.45) is 0 Å². The van der Waals surface area contributed by atoms with Gasteiger partial charge in [0, 0.05) is 11.1 Å². The van der Waals surface area contributed by atoms with Crippen LogP contribution in [0.3, 0.4) is 0 Å². The number of nitrogens with one attached hydrogen (secondary N) is 1. The van der Waals surface area contributed by atoms with Crippen molar-refractivity contribution in [2.75, 3.05) is 0 Å². The Morgan fingerprint density at radius 3 is 2.89 bits per heavy atom. The molecule has 0 spiro atoms. The van der Waals surface area contributed by atoms with Crippen LogP contribution in [-0.4, -0.2) is 9.97 Å². The molecule has 0 aliphatic carbocycles. The van der Waals surface area contributed by atoms with Gasteiger partial charge in [-0.15, -0.1) is 0 Å². The zero-order valence-electron chi connectivity index (χ0n) is 9.84. The summed E-state index contributed by atoms with van der Waals surface area (Å²) in [6.07, 6.45) is 2.75. The molecule has 0 aliphatic heterocycles. The molecule has 0 fully saturated rings. The van der Waals surface area contributed by atoms with Gasteiger partial charge in [-0.05, 0) is 24.6 Å². The first-order valence-electron chi connectivity index (χ1n) is 5.65. The third-order valence-corrected chi connectivity index (χ3v) is 2.95. The first kappa shape index (κ1) is 12.8. The number of rotatable bonds is 3. The molecule has 3 nitrogen and oxygen atoms in total. The van der Waals surface area contributed by atoms with Crippen LogP contribution < -0.4 is 5.56 Å². The highest BCUT2D eigenvalue weighted by molar-refractivity contribution is 6.33. The van der Waals surface area contributed by atoms with Crippen LogP contribution in [0.5, 0.6) is 0 Å². The summed E-state index contributed by atoms with van der Waals surface area (Å²) in [5.41, 5.74) is 1.49. The third kappa shape index (κ3) is 2.43. The molecule has 2 rings (SSSR count). The highest BCUT2D eigenvalue weighted by Crippen LogP contribution is 2.28. The maximum absolute atomic E-state index is 13.0. The van der Waals surface area contributed by atoms with E-state index in [4.69, 9.17) is 11.6 Å². The molecule has 18 heavy (non-hydrogen) atoms. The largest absolute Gasteiger partial charge is 0.313 e. The Bertz CT molecular complexity index is 625. The van der Waals surface area contributed by atoms with Crippen molar-refractivity contribution >= 4 is 11.6 Å². The number of hydrogen-bond acceptors (Lipinski definition) is 2. The van der Waals surface area contributed by atoms with E-state index in [-0.39, 0.29) is 10.6 Å². The van der Waals surface area contributed by atoms with Gasteiger partial charge in [-0.3, -0.25) is 4.79 Å². The normalized spacial score (nSPS) is 10.6. The standard InChI is InChI=1S/C13H12ClFN2O/c1-2-3-10-12(16-7-17-13(10)18)9-5-4-8(15)6-11(9)14/h4-7H,2-3H2,1H3,(H,16,17,18). The second kappa shape index (κ2) is 5.31. The topological polar surface area (TPSA) is 45.8 Å². The van der Waals surface area contributed by atoms with E-state index in [9.17, 15) is 9.18 Å². The van der Waals surface area contributed by atoms with E-state index in [1.165, 1.54) is 18.5 Å². The number of hydrogen-bond donors (Lipinski definition) is 1. The molecule has 0 saturated heterocycles. The van der Waals surface area contributed by atoms with E-state index in [1.807, 2.05) is 6.92 Å². The Balaban J connectivity index is 2.63. The molecule has 0 radical (unpaired) electrons. The molecule has 1 N–H and O–H groups in total. The van der Waals surface area contributed by atoms with Crippen LogP contribution in [0.15, 0.2) is 29.3 Å². The van der Waals surface area contributed by atoms with Crippen molar-refractivity contribution < 1.29 is 4.39 Å². The summed E-state index contributed by atoms with van der Waals surface area (Å²) < 4.78 is 13.0. The molecule has 0 aliphatic rings. The summed E-state index contributed by atoms with van der Waals surface area (Å²) in [4.78, 5) is 18.5. The van der Waals surface area contributed by atoms with Crippen molar-refractivity contribution in [3.63, 3.8) is 0 Å². The smallest absolute Gasteiger partial charge is 0.254 e. The molecule has 0 amide bonds. The average molecular weight is 267 g/mol. The molecule has 0 bridgehead atoms. The molecular formula is C13H12ClFN2O. The summed E-state index contributed by atoms with van der Waals surface area (Å²) in [5, 5.41) is 0.255. The summed E-state index contributed by atoms with van der Waals surface area (Å²) in [6.45, 7) is 1.97. The molecule has 1 heterocycles. The Hall–Kier alpha value is -1.68. The van der Waals surface area contributed by atoms with E-state index in [2.05, 4.69) is 9.97 Å². The van der Waals surface area contributed by atoms with Crippen LogP contribution >= 0.6 is 11.6 Å². The van der Waals surface area contributed by atoms with E-state index in [0.29, 0.717) is 23.2 Å². The lowest BCUT2D eigenvalue weighted by atomic mass is 10.0. The van der Waals surface area contributed by atoms with Crippen LogP contribution in [0.1, 0.15) is 18.9 Å². The number of aromatic amines is 1. The molecule has 1 aromatic carbocycles. The van der Waals surface area contributed by atoms with Gasteiger partial charge >= 0.3 is 0 Å². The predicted molar refractivity (Wildman–Crippen MR) is 69.3 cm³/mol. The van der Waals surface area contributed by atoms with Gasteiger partial charge < -0.3 is 4.98 Å². The van der Waals surface area contributed by atoms with E-state index in [0.717, 1.165) is 6.42 Å². The molecular weight excluding hydrogens is 255 g/mol. The maximum atomic E-state index is 13.0. The van der Waals surface area contributed by atoms with E-state index >= 15 is 0 Å². The molecule has 2 aromatic rings. The van der Waals surface area contributed by atoms with Crippen molar-refractivity contribution in [3.05, 3.63) is 51.3 Å². The number of halogens is 2. The van der Waals surface area contributed by atoms with Crippen LogP contribution in [0.2, 0.25) is 5.02 Å². The highest BCUT2D eigenvalue weighted by Gasteiger charge is 2.13. The lowest BCUT2D eigenvalue weighted by Gasteiger charge is -2.08. The molecule has 0 saturated carbocycles. The van der Waals surface area contributed by atoms with Crippen molar-refractivity contribution in [2.45, 2.75) is 19.8 Å². The summed E-state index contributed by atoms with van der Waals surface area (Å²) >= 11 is 6.00. The van der Waals surface area contributed by atoms with Gasteiger partial charge in [-0.2, -0.15) is 0 Å². The minimum absolute atomic E-state index is 0.178. The monoisotopic (exact) mass is 266 g/mol. The number of aromatic nitrogens is 2. The van der Waals surface area contributed by atoms with Crippen LogP contribution in [-0.2, 0) is 6.42 Å². The zero-order valence-corrected chi connectivity index (χ0v) is 10.6. The second-order valence-corrected chi connectivity index (χ2v) is 4.34. The van der Waals surface area contributed by atoms with Gasteiger partial charge in [-0.1, -0.05) is 24.9 Å². The van der Waals surface area contributed by atoms with Crippen LogP contribution in [0.25, 0.3) is 11.3 Å². The summed E-state index contributed by atoms with van der Waals surface area (Å²) in [6, 6.07) is 4.06. The average Bonchev–Trinajstić information content (AvgIpc) is 2.32. The molecule has 94 valence electrons. The Labute approximate surface area is 109 Å². The minimum atomic E-state index is -0.411. The molecule has 5 heteroatoms. The van der Waals surface area contributed by atoms with Gasteiger partial charge in [0.25, 0.3) is 5.56 Å². The number of nitrogens with zero attached hydrogens (tertiary/aromatic N) is 1. The van der Waals surface area contributed by atoms with Gasteiger partial charge in [0.2, 0.25) is 0 Å². The summed E-state index contributed by atoms with van der Waals surface area (Å²) in [7, 11) is 0. The highest BCUT2D eigenvalue weighted by atomic mass is 35.5. The first-order valence-corrected chi connectivity index (χ1v) is 6.03. The van der Waals surface area contributed by atoms with Crippen LogP contribution in [0.4, 0.5) is 4.39 Å². The van der Waals surface area contributed by atoms with Gasteiger partial charge in [-0.25, -0.2) is 9.37 Å². The second-order valence-electron chi connectivity index (χ2n) is 3.93. The third-order valence-electron chi connectivity index (χ3n) is 2.64. The fourth-order valence-electron chi connectivity index (χ4n) is 1.82. The fourth-order valence-corrected chi connectivity index (χ4v) is 2.08. The lowest BCUT2D eigenvalue weighted by molar-refractivity contribution is 0.628. The molecule has 1 aromatic heterocycles. The van der Waals surface area contributed by atoms with Crippen molar-refractivity contribution in [1.29, 1.82) is 0 Å². The quantitative estimate of drug-likeness (QED) is 0.927. The lowest BCUT2D eigenvalue weighted by Crippen LogP contribution is -2.14. The minimum Gasteiger partial charge on any atom is -0.313 e. The van der Waals surface area contributed by atoms with E-state index < -0.39 is 5.82 Å². The first-order chi connectivity index (χ1) is 8.63.